The lowest BCUT2D eigenvalue weighted by atomic mass is 10.1. The fraction of sp³-hybridized carbons (Fsp3) is 0.588. The van der Waals surface area contributed by atoms with Crippen molar-refractivity contribution in [2.45, 2.75) is 6.42 Å². The van der Waals surface area contributed by atoms with Crippen LogP contribution in [-0.4, -0.2) is 75.7 Å². The molecular weight excluding hydrogens is 312 g/mol. The summed E-state index contributed by atoms with van der Waals surface area (Å²) in [5.74, 6) is 1.54. The lowest BCUT2D eigenvalue weighted by Crippen LogP contribution is -2.39. The predicted molar refractivity (Wildman–Crippen MR) is 87.5 cm³/mol. The van der Waals surface area contributed by atoms with Gasteiger partial charge in [0.05, 0.1) is 13.2 Å². The number of ether oxygens (including phenoxy) is 4. The number of likely N-dealkylation sites (N-methyl/N-ethyl adjacent to an activating group) is 1. The third kappa shape index (κ3) is 4.52. The highest BCUT2D eigenvalue weighted by Gasteiger charge is 2.15. The van der Waals surface area contributed by atoms with Crippen molar-refractivity contribution in [3.8, 4) is 11.5 Å². The van der Waals surface area contributed by atoms with Crippen molar-refractivity contribution in [1.29, 1.82) is 0 Å². The zero-order valence-electron chi connectivity index (χ0n) is 14.0. The van der Waals surface area contributed by atoms with Crippen molar-refractivity contribution in [1.82, 2.24) is 9.80 Å². The molecule has 132 valence electrons. The van der Waals surface area contributed by atoms with Crippen LogP contribution in [0.3, 0.4) is 0 Å². The fourth-order valence-corrected chi connectivity index (χ4v) is 2.68. The lowest BCUT2D eigenvalue weighted by Gasteiger charge is -2.26. The molecule has 0 saturated carbocycles. The van der Waals surface area contributed by atoms with E-state index in [2.05, 4.69) is 4.90 Å². The number of carbonyl (C=O) groups excluding carboxylic acids is 1. The van der Waals surface area contributed by atoms with Gasteiger partial charge >= 0.3 is 6.09 Å². The van der Waals surface area contributed by atoms with Crippen LogP contribution in [-0.2, 0) is 15.9 Å². The zero-order valence-corrected chi connectivity index (χ0v) is 14.0. The molecule has 0 bridgehead atoms. The number of hydrogen-bond acceptors (Lipinski definition) is 6. The largest absolute Gasteiger partial charge is 0.454 e. The second-order valence-corrected chi connectivity index (χ2v) is 5.93. The van der Waals surface area contributed by atoms with E-state index in [1.165, 1.54) is 0 Å². The van der Waals surface area contributed by atoms with Gasteiger partial charge in [0, 0.05) is 33.2 Å². The Bertz CT molecular complexity index is 560. The Balaban J connectivity index is 1.36. The quantitative estimate of drug-likeness (QED) is 0.782. The van der Waals surface area contributed by atoms with Crippen LogP contribution in [0.4, 0.5) is 4.79 Å². The van der Waals surface area contributed by atoms with E-state index in [9.17, 15) is 4.79 Å². The number of fused-ring (bicyclic) bond motifs is 1. The summed E-state index contributed by atoms with van der Waals surface area (Å²) >= 11 is 0. The molecule has 24 heavy (non-hydrogen) atoms. The zero-order chi connectivity index (χ0) is 16.8. The van der Waals surface area contributed by atoms with Crippen LogP contribution >= 0.6 is 0 Å². The molecule has 0 spiro atoms. The average molecular weight is 336 g/mol. The summed E-state index contributed by atoms with van der Waals surface area (Å²) in [6, 6.07) is 5.85. The van der Waals surface area contributed by atoms with Crippen molar-refractivity contribution in [2.24, 2.45) is 0 Å². The molecule has 1 fully saturated rings. The highest BCUT2D eigenvalue weighted by molar-refractivity contribution is 5.67. The van der Waals surface area contributed by atoms with Crippen LogP contribution in [0.25, 0.3) is 0 Å². The number of amides is 1. The topological polar surface area (TPSA) is 60.5 Å². The van der Waals surface area contributed by atoms with E-state index < -0.39 is 0 Å². The van der Waals surface area contributed by atoms with Gasteiger partial charge in [0.2, 0.25) is 6.79 Å². The van der Waals surface area contributed by atoms with E-state index in [-0.39, 0.29) is 12.9 Å². The smallest absolute Gasteiger partial charge is 0.409 e. The Hall–Kier alpha value is -1.99. The second-order valence-electron chi connectivity index (χ2n) is 5.93. The summed E-state index contributed by atoms with van der Waals surface area (Å²) in [5, 5.41) is 0. The van der Waals surface area contributed by atoms with Crippen LogP contribution in [0.5, 0.6) is 11.5 Å². The summed E-state index contributed by atoms with van der Waals surface area (Å²) in [4.78, 5) is 15.8. The van der Waals surface area contributed by atoms with Gasteiger partial charge < -0.3 is 23.8 Å². The lowest BCUT2D eigenvalue weighted by molar-refractivity contribution is 0.0255. The molecule has 2 aliphatic rings. The van der Waals surface area contributed by atoms with Crippen LogP contribution in [0, 0.1) is 0 Å². The van der Waals surface area contributed by atoms with Gasteiger partial charge in [-0.2, -0.15) is 0 Å². The Morgan fingerprint density at radius 2 is 2.04 bits per heavy atom. The third-order valence-electron chi connectivity index (χ3n) is 4.22. The number of carbonyl (C=O) groups is 1. The molecule has 1 saturated heterocycles. The molecule has 7 heteroatoms. The molecule has 0 atom stereocenters. The Labute approximate surface area is 142 Å². The molecule has 0 aliphatic carbocycles. The first-order valence-corrected chi connectivity index (χ1v) is 8.29. The summed E-state index contributed by atoms with van der Waals surface area (Å²) in [7, 11) is 1.75. The van der Waals surface area contributed by atoms with Crippen molar-refractivity contribution < 1.29 is 23.7 Å². The molecule has 2 aliphatic heterocycles. The standard InChI is InChI=1S/C17H24N2O5/c1-18(17(20)22-11-8-19-6-9-21-10-7-19)5-4-14-2-3-15-16(12-14)24-13-23-15/h2-3,12H,4-11,13H2,1H3. The summed E-state index contributed by atoms with van der Waals surface area (Å²) in [5.41, 5.74) is 1.10. The minimum atomic E-state index is -0.288. The van der Waals surface area contributed by atoms with E-state index in [1.807, 2.05) is 18.2 Å². The average Bonchev–Trinajstić information content (AvgIpc) is 3.08. The monoisotopic (exact) mass is 336 g/mol. The minimum absolute atomic E-state index is 0.272. The minimum Gasteiger partial charge on any atom is -0.454 e. The third-order valence-corrected chi connectivity index (χ3v) is 4.22. The van der Waals surface area contributed by atoms with Gasteiger partial charge in [-0.3, -0.25) is 4.90 Å². The Morgan fingerprint density at radius 3 is 2.88 bits per heavy atom. The first-order chi connectivity index (χ1) is 11.7. The van der Waals surface area contributed by atoms with E-state index in [0.29, 0.717) is 13.2 Å². The highest BCUT2D eigenvalue weighted by atomic mass is 16.7. The molecule has 1 aromatic rings. The normalized spacial score (nSPS) is 16.9. The molecule has 0 radical (unpaired) electrons. The van der Waals surface area contributed by atoms with Crippen LogP contribution in [0.15, 0.2) is 18.2 Å². The molecule has 0 aromatic heterocycles. The summed E-state index contributed by atoms with van der Waals surface area (Å²) in [6.07, 6.45) is 0.454. The molecule has 0 N–H and O–H groups in total. The molecular formula is C17H24N2O5. The van der Waals surface area contributed by atoms with E-state index in [0.717, 1.165) is 56.3 Å². The Morgan fingerprint density at radius 1 is 1.25 bits per heavy atom. The van der Waals surface area contributed by atoms with Crippen LogP contribution in [0.1, 0.15) is 5.56 Å². The van der Waals surface area contributed by atoms with Crippen molar-refractivity contribution in [3.05, 3.63) is 23.8 Å². The molecule has 1 aromatic carbocycles. The summed E-state index contributed by atoms with van der Waals surface area (Å²) in [6.45, 7) is 5.34. The number of morpholine rings is 1. The van der Waals surface area contributed by atoms with E-state index in [4.69, 9.17) is 18.9 Å². The van der Waals surface area contributed by atoms with Gasteiger partial charge in [-0.25, -0.2) is 4.79 Å². The number of hydrogen-bond donors (Lipinski definition) is 0. The number of rotatable bonds is 6. The van der Waals surface area contributed by atoms with Crippen molar-refractivity contribution in [3.63, 3.8) is 0 Å². The highest BCUT2D eigenvalue weighted by Crippen LogP contribution is 2.32. The SMILES string of the molecule is CN(CCc1ccc2c(c1)OCO2)C(=O)OCCN1CCOCC1. The van der Waals surface area contributed by atoms with Gasteiger partial charge in [0.15, 0.2) is 11.5 Å². The van der Waals surface area contributed by atoms with Gasteiger partial charge in [0.1, 0.15) is 6.61 Å². The van der Waals surface area contributed by atoms with Gasteiger partial charge in [-0.05, 0) is 24.1 Å². The maximum absolute atomic E-state index is 12.0. The fourth-order valence-electron chi connectivity index (χ4n) is 2.68. The predicted octanol–water partition coefficient (Wildman–Crippen LogP) is 1.36. The first kappa shape index (κ1) is 16.9. The molecule has 7 nitrogen and oxygen atoms in total. The molecule has 0 unspecified atom stereocenters. The van der Waals surface area contributed by atoms with Gasteiger partial charge in [0.25, 0.3) is 0 Å². The second kappa shape index (κ2) is 8.21. The van der Waals surface area contributed by atoms with Crippen LogP contribution in [0.2, 0.25) is 0 Å². The van der Waals surface area contributed by atoms with Gasteiger partial charge in [-0.15, -0.1) is 0 Å². The van der Waals surface area contributed by atoms with Crippen molar-refractivity contribution in [2.75, 3.05) is 59.8 Å². The van der Waals surface area contributed by atoms with Crippen LogP contribution < -0.4 is 9.47 Å². The number of benzene rings is 1. The molecule has 3 rings (SSSR count). The maximum Gasteiger partial charge on any atom is 0.409 e. The van der Waals surface area contributed by atoms with E-state index in [1.54, 1.807) is 11.9 Å². The maximum atomic E-state index is 12.0. The van der Waals surface area contributed by atoms with Crippen molar-refractivity contribution >= 4 is 6.09 Å². The first-order valence-electron chi connectivity index (χ1n) is 8.29. The Kier molecular flexibility index (Phi) is 5.77. The van der Waals surface area contributed by atoms with E-state index >= 15 is 0 Å². The summed E-state index contributed by atoms with van der Waals surface area (Å²) < 4.78 is 21.3. The van der Waals surface area contributed by atoms with Gasteiger partial charge in [-0.1, -0.05) is 6.07 Å². The molecule has 2 heterocycles. The number of nitrogens with zero attached hydrogens (tertiary/aromatic N) is 2. The molecule has 1 amide bonds.